The first-order chi connectivity index (χ1) is 15.5. The van der Waals surface area contributed by atoms with E-state index >= 15 is 0 Å². The second-order valence-electron chi connectivity index (χ2n) is 7.98. The van der Waals surface area contributed by atoms with Crippen LogP contribution in [0.25, 0.3) is 0 Å². The fourth-order valence-corrected chi connectivity index (χ4v) is 10.6. The van der Waals surface area contributed by atoms with Crippen LogP contribution in [0.5, 0.6) is 11.5 Å². The molecule has 0 saturated heterocycles. The van der Waals surface area contributed by atoms with Gasteiger partial charge in [-0.15, -0.1) is 0 Å². The van der Waals surface area contributed by atoms with Gasteiger partial charge in [0.2, 0.25) is 0 Å². The summed E-state index contributed by atoms with van der Waals surface area (Å²) in [6.07, 6.45) is 0.602. The van der Waals surface area contributed by atoms with E-state index < -0.39 is 5.96 Å². The molecule has 0 bridgehead atoms. The summed E-state index contributed by atoms with van der Waals surface area (Å²) in [7, 11) is 3.41. The molecule has 0 fully saturated rings. The Morgan fingerprint density at radius 1 is 0.625 bits per heavy atom. The van der Waals surface area contributed by atoms with Crippen LogP contribution in [0, 0.1) is 6.92 Å². The van der Waals surface area contributed by atoms with Gasteiger partial charge in [-0.1, -0.05) is 0 Å². The van der Waals surface area contributed by atoms with Crippen LogP contribution in [0.15, 0.2) is 103 Å². The van der Waals surface area contributed by atoms with Crippen molar-refractivity contribution in [2.45, 2.75) is 13.1 Å². The molecule has 0 radical (unpaired) electrons. The Bertz CT molecular complexity index is 1090. The summed E-state index contributed by atoms with van der Waals surface area (Å²) in [5.41, 5.74) is 2.06. The van der Waals surface area contributed by atoms with Crippen LogP contribution in [0.1, 0.15) is 11.1 Å². The van der Waals surface area contributed by atoms with Gasteiger partial charge in [-0.3, -0.25) is 0 Å². The van der Waals surface area contributed by atoms with Crippen molar-refractivity contribution in [1.82, 2.24) is 0 Å². The average molecular weight is 463 g/mol. The minimum atomic E-state index is -3.45. The number of rotatable bonds is 7. The number of hydrogen-bond donors (Lipinski definition) is 0. The van der Waals surface area contributed by atoms with Gasteiger partial charge >= 0.3 is 196 Å². The molecule has 4 aromatic carbocycles. The van der Waals surface area contributed by atoms with Crippen molar-refractivity contribution in [3.05, 3.63) is 114 Å². The van der Waals surface area contributed by atoms with Crippen LogP contribution < -0.4 is 25.4 Å². The van der Waals surface area contributed by atoms with Gasteiger partial charge in [0.25, 0.3) is 0 Å². The zero-order valence-corrected chi connectivity index (χ0v) is 20.3. The Kier molecular flexibility index (Phi) is 6.29. The standard InChI is InChI=1S/C28H28ClO2P/c1-22-19-28(31-3)23(20-27(22)30-2)21-32(29,24-13-7-4-8-14-24,25-15-9-5-10-16-25)26-17-11-6-12-18-26/h4-20H,21H2,1-3H3. The van der Waals surface area contributed by atoms with Crippen molar-refractivity contribution in [3.63, 3.8) is 0 Å². The number of hydrogen-bond acceptors (Lipinski definition) is 2. The second-order valence-corrected chi connectivity index (χ2v) is 14.5. The molecular formula is C28H28ClO2P. The van der Waals surface area contributed by atoms with Gasteiger partial charge in [0.05, 0.1) is 0 Å². The Morgan fingerprint density at radius 2 is 1.03 bits per heavy atom. The zero-order chi connectivity index (χ0) is 22.6. The first-order valence-corrected chi connectivity index (χ1v) is 13.9. The van der Waals surface area contributed by atoms with Crippen LogP contribution in [0.3, 0.4) is 0 Å². The molecular weight excluding hydrogens is 435 g/mol. The van der Waals surface area contributed by atoms with Gasteiger partial charge in [-0.2, -0.15) is 0 Å². The van der Waals surface area contributed by atoms with Crippen LogP contribution >= 0.6 is 17.2 Å². The van der Waals surface area contributed by atoms with Crippen molar-refractivity contribution in [1.29, 1.82) is 0 Å². The van der Waals surface area contributed by atoms with E-state index in [-0.39, 0.29) is 0 Å². The zero-order valence-electron chi connectivity index (χ0n) is 18.7. The quantitative estimate of drug-likeness (QED) is 0.305. The van der Waals surface area contributed by atoms with Crippen LogP contribution in [-0.4, -0.2) is 14.2 Å². The van der Waals surface area contributed by atoms with Gasteiger partial charge in [-0.05, 0) is 0 Å². The summed E-state index contributed by atoms with van der Waals surface area (Å²) < 4.78 is 11.5. The molecule has 4 aromatic rings. The van der Waals surface area contributed by atoms with Crippen molar-refractivity contribution in [2.24, 2.45) is 0 Å². The molecule has 32 heavy (non-hydrogen) atoms. The second kappa shape index (κ2) is 8.98. The number of benzene rings is 4. The molecule has 0 amide bonds. The number of ether oxygens (including phenoxy) is 2. The third-order valence-corrected chi connectivity index (χ3v) is 13.3. The fraction of sp³-hybridized carbons (Fsp3) is 0.143. The number of aryl methyl sites for hydroxylation is 1. The molecule has 0 saturated carbocycles. The maximum absolute atomic E-state index is 8.21. The molecule has 0 atom stereocenters. The molecule has 0 aliphatic rings. The summed E-state index contributed by atoms with van der Waals surface area (Å²) in [5, 5.41) is 3.37. The third-order valence-electron chi connectivity index (χ3n) is 6.15. The number of methoxy groups -OCH3 is 2. The minimum absolute atomic E-state index is 0.602. The monoisotopic (exact) mass is 462 g/mol. The summed E-state index contributed by atoms with van der Waals surface area (Å²) in [5.74, 6) is -1.80. The van der Waals surface area contributed by atoms with E-state index in [4.69, 9.17) is 20.7 Å². The Hall–Kier alpha value is -2.80. The first-order valence-electron chi connectivity index (χ1n) is 10.6. The molecule has 0 spiro atoms. The molecule has 2 nitrogen and oxygen atoms in total. The molecule has 0 unspecified atom stereocenters. The van der Waals surface area contributed by atoms with Crippen molar-refractivity contribution >= 4 is 33.1 Å². The molecule has 4 heteroatoms. The molecule has 4 rings (SSSR count). The molecule has 0 heterocycles. The van der Waals surface area contributed by atoms with Crippen LogP contribution in [0.4, 0.5) is 0 Å². The SMILES string of the molecule is COc1cc(CP(Cl)(c2ccccc2)(c2ccccc2)c2ccccc2)c(OC)cc1C. The molecule has 0 aromatic heterocycles. The summed E-state index contributed by atoms with van der Waals surface area (Å²) in [6.45, 7) is 2.02. The van der Waals surface area contributed by atoms with E-state index in [0.29, 0.717) is 6.16 Å². The topological polar surface area (TPSA) is 18.5 Å². The van der Waals surface area contributed by atoms with E-state index in [1.807, 2.05) is 31.2 Å². The van der Waals surface area contributed by atoms with Crippen molar-refractivity contribution in [2.75, 3.05) is 14.2 Å². The Balaban J connectivity index is 2.10. The average Bonchev–Trinajstić information content (AvgIpc) is 2.86. The first kappa shape index (κ1) is 22.4. The Labute approximate surface area is 195 Å². The van der Waals surface area contributed by atoms with E-state index in [2.05, 4.69) is 78.9 Å². The molecule has 0 aliphatic heterocycles. The van der Waals surface area contributed by atoms with E-state index in [0.717, 1.165) is 38.5 Å². The Morgan fingerprint density at radius 3 is 1.41 bits per heavy atom. The maximum atomic E-state index is 8.21. The molecule has 0 N–H and O–H groups in total. The van der Waals surface area contributed by atoms with Crippen LogP contribution in [-0.2, 0) is 6.16 Å². The van der Waals surface area contributed by atoms with Crippen LogP contribution in [0.2, 0.25) is 0 Å². The normalized spacial score (nSPS) is 12.6. The summed E-state index contributed by atoms with van der Waals surface area (Å²) in [4.78, 5) is 0. The van der Waals surface area contributed by atoms with Gasteiger partial charge < -0.3 is 0 Å². The van der Waals surface area contributed by atoms with E-state index in [1.165, 1.54) is 0 Å². The van der Waals surface area contributed by atoms with Crippen molar-refractivity contribution in [3.8, 4) is 11.5 Å². The predicted octanol–water partition coefficient (Wildman–Crippen LogP) is 6.20. The molecule has 0 aliphatic carbocycles. The summed E-state index contributed by atoms with van der Waals surface area (Å²) >= 11 is 8.21. The van der Waals surface area contributed by atoms with Gasteiger partial charge in [0.1, 0.15) is 0 Å². The van der Waals surface area contributed by atoms with E-state index in [9.17, 15) is 0 Å². The fourth-order valence-electron chi connectivity index (χ4n) is 4.49. The molecule has 164 valence electrons. The number of halogens is 1. The van der Waals surface area contributed by atoms with Gasteiger partial charge in [-0.25, -0.2) is 0 Å². The predicted molar refractivity (Wildman–Crippen MR) is 139 cm³/mol. The van der Waals surface area contributed by atoms with Gasteiger partial charge in [0, 0.05) is 0 Å². The third kappa shape index (κ3) is 3.68. The van der Waals surface area contributed by atoms with Gasteiger partial charge in [0.15, 0.2) is 0 Å². The summed E-state index contributed by atoms with van der Waals surface area (Å²) in [6, 6.07) is 35.6. The van der Waals surface area contributed by atoms with Crippen molar-refractivity contribution < 1.29 is 9.47 Å². The van der Waals surface area contributed by atoms with E-state index in [1.54, 1.807) is 14.2 Å².